The molecule has 2 amide bonds. The Morgan fingerprint density at radius 2 is 2.13 bits per heavy atom. The largest absolute Gasteiger partial charge is 0.477 e. The number of carbonyl (C=O) groups excluding carboxylic acids is 2. The van der Waals surface area contributed by atoms with Crippen LogP contribution in [-0.4, -0.2) is 60.2 Å². The molecule has 1 aromatic carbocycles. The molecule has 1 fully saturated rings. The van der Waals surface area contributed by atoms with E-state index in [1.807, 2.05) is 0 Å². The minimum absolute atomic E-state index is 0.118. The van der Waals surface area contributed by atoms with Gasteiger partial charge in [0, 0.05) is 15.9 Å². The number of hydrogen-bond acceptors (Lipinski definition) is 6. The van der Waals surface area contributed by atoms with Crippen LogP contribution in [0.2, 0.25) is 5.02 Å². The van der Waals surface area contributed by atoms with E-state index in [9.17, 15) is 24.6 Å². The number of halogens is 1. The molecule has 0 bridgehead atoms. The molecule has 11 nitrogen and oxygen atoms in total. The maximum absolute atomic E-state index is 12.4. The third kappa shape index (κ3) is 3.21. The number of amides is 2. The quantitative estimate of drug-likeness (QED) is 0.393. The standard InChI is InChI=1S/C18H17ClN6O5/c1-8(26)15-13-5-12(16(18(29)30)24(13)17(15)28)9-2-10(19)4-11(3-9)25-21-7-23(22-25)6-14(20)27/h2-4,7-8,13,15,26H,5-6H2,1H3,(H2-,20,27,29,30)/p+1/t8-,13-,15-/m1/s1. The normalized spacial score (nSPS) is 21.4. The average molecular weight is 434 g/mol. The summed E-state index contributed by atoms with van der Waals surface area (Å²) in [7, 11) is 0. The second-order valence-electron chi connectivity index (χ2n) is 7.25. The molecule has 1 saturated heterocycles. The summed E-state index contributed by atoms with van der Waals surface area (Å²) in [4.78, 5) is 37.8. The van der Waals surface area contributed by atoms with Crippen LogP contribution in [0.1, 0.15) is 18.9 Å². The maximum atomic E-state index is 12.4. The number of aliphatic hydroxyl groups is 1. The lowest BCUT2D eigenvalue weighted by atomic mass is 9.82. The Labute approximate surface area is 174 Å². The molecule has 2 aliphatic rings. The van der Waals surface area contributed by atoms with Crippen molar-refractivity contribution in [1.29, 1.82) is 0 Å². The van der Waals surface area contributed by atoms with Crippen LogP contribution < -0.4 is 10.4 Å². The van der Waals surface area contributed by atoms with Gasteiger partial charge in [0.25, 0.3) is 12.2 Å². The smallest absolute Gasteiger partial charge is 0.352 e. The number of aromatic nitrogens is 4. The number of carbonyl (C=O) groups is 3. The molecule has 1 aromatic heterocycles. The number of tetrazole rings is 1. The molecule has 30 heavy (non-hydrogen) atoms. The van der Waals surface area contributed by atoms with Crippen molar-refractivity contribution in [2.75, 3.05) is 0 Å². The summed E-state index contributed by atoms with van der Waals surface area (Å²) < 4.78 is 1.25. The van der Waals surface area contributed by atoms with Gasteiger partial charge in [0.1, 0.15) is 5.70 Å². The first kappa shape index (κ1) is 20.0. The van der Waals surface area contributed by atoms with Gasteiger partial charge in [-0.15, -0.1) is 4.68 Å². The van der Waals surface area contributed by atoms with E-state index in [1.54, 1.807) is 18.2 Å². The monoisotopic (exact) mass is 433 g/mol. The molecule has 0 spiro atoms. The highest BCUT2D eigenvalue weighted by atomic mass is 35.5. The van der Waals surface area contributed by atoms with Crippen LogP contribution in [0.15, 0.2) is 30.2 Å². The summed E-state index contributed by atoms with van der Waals surface area (Å²) in [6.07, 6.45) is 0.717. The second-order valence-corrected chi connectivity index (χ2v) is 7.69. The number of β-lactam (4-membered cyclic amide) rings is 1. The number of fused-ring (bicyclic) bond motifs is 1. The molecule has 0 radical (unpaired) electrons. The molecule has 156 valence electrons. The lowest BCUT2D eigenvalue weighted by Crippen LogP contribution is -2.61. The van der Waals surface area contributed by atoms with E-state index in [0.29, 0.717) is 21.8 Å². The zero-order valence-electron chi connectivity index (χ0n) is 15.8. The number of aliphatic carboxylic acids is 1. The number of benzene rings is 1. The molecular formula is C18H18ClN6O5+. The Bertz CT molecular complexity index is 1110. The predicted molar refractivity (Wildman–Crippen MR) is 101 cm³/mol. The fraction of sp³-hybridized carbons (Fsp3) is 0.333. The predicted octanol–water partition coefficient (Wildman–Crippen LogP) is -0.899. The highest BCUT2D eigenvalue weighted by molar-refractivity contribution is 6.31. The van der Waals surface area contributed by atoms with Crippen molar-refractivity contribution >= 4 is 35.0 Å². The topological polar surface area (TPSA) is 156 Å². The van der Waals surface area contributed by atoms with Gasteiger partial charge in [-0.05, 0) is 36.6 Å². The minimum Gasteiger partial charge on any atom is -0.477 e. The highest BCUT2D eigenvalue weighted by Gasteiger charge is 2.56. The van der Waals surface area contributed by atoms with Gasteiger partial charge in [0.2, 0.25) is 5.91 Å². The maximum Gasteiger partial charge on any atom is 0.352 e. The van der Waals surface area contributed by atoms with Crippen molar-refractivity contribution < 1.29 is 29.3 Å². The second kappa shape index (κ2) is 7.18. The zero-order chi connectivity index (χ0) is 21.7. The van der Waals surface area contributed by atoms with Crippen LogP contribution >= 0.6 is 11.6 Å². The third-order valence-corrected chi connectivity index (χ3v) is 5.42. The Morgan fingerprint density at radius 1 is 1.40 bits per heavy atom. The van der Waals surface area contributed by atoms with Gasteiger partial charge < -0.3 is 20.8 Å². The van der Waals surface area contributed by atoms with Crippen LogP contribution in [0.25, 0.3) is 11.3 Å². The average Bonchev–Trinajstić information content (AvgIpc) is 3.23. The molecule has 2 aliphatic heterocycles. The van der Waals surface area contributed by atoms with Crippen LogP contribution in [0.5, 0.6) is 0 Å². The number of aliphatic hydroxyl groups excluding tert-OH is 1. The summed E-state index contributed by atoms with van der Waals surface area (Å²) in [5, 5.41) is 28.1. The van der Waals surface area contributed by atoms with Crippen molar-refractivity contribution in [1.82, 2.24) is 20.0 Å². The van der Waals surface area contributed by atoms with Crippen LogP contribution in [0.3, 0.4) is 0 Å². The van der Waals surface area contributed by atoms with Crippen molar-refractivity contribution in [3.8, 4) is 5.69 Å². The molecule has 0 aliphatic carbocycles. The lowest BCUT2D eigenvalue weighted by molar-refractivity contribution is -0.743. The van der Waals surface area contributed by atoms with E-state index >= 15 is 0 Å². The molecule has 4 rings (SSSR count). The van der Waals surface area contributed by atoms with E-state index in [-0.39, 0.29) is 18.7 Å². The molecule has 3 heterocycles. The van der Waals surface area contributed by atoms with E-state index in [2.05, 4.69) is 10.3 Å². The first-order chi connectivity index (χ1) is 14.2. The number of primary amides is 1. The van der Waals surface area contributed by atoms with E-state index in [1.165, 1.54) is 27.6 Å². The molecule has 12 heteroatoms. The third-order valence-electron chi connectivity index (χ3n) is 5.20. The summed E-state index contributed by atoms with van der Waals surface area (Å²) in [6.45, 7) is 1.36. The summed E-state index contributed by atoms with van der Waals surface area (Å²) in [5.74, 6) is -2.87. The number of nitrogens with zero attached hydrogens (tertiary/aromatic N) is 5. The zero-order valence-corrected chi connectivity index (χ0v) is 16.5. The number of hydrogen-bond donors (Lipinski definition) is 3. The van der Waals surface area contributed by atoms with Gasteiger partial charge in [-0.25, -0.2) is 4.79 Å². The fourth-order valence-electron chi connectivity index (χ4n) is 4.00. The Kier molecular flexibility index (Phi) is 4.79. The first-order valence-electron chi connectivity index (χ1n) is 9.06. The number of nitrogens with two attached hydrogens (primary N) is 1. The van der Waals surface area contributed by atoms with Crippen LogP contribution in [-0.2, 0) is 20.9 Å². The Morgan fingerprint density at radius 3 is 2.77 bits per heavy atom. The van der Waals surface area contributed by atoms with Crippen molar-refractivity contribution in [2.24, 2.45) is 11.7 Å². The Hall–Kier alpha value is -3.31. The minimum atomic E-state index is -1.23. The number of carboxylic acid groups (broad SMARTS) is 1. The molecular weight excluding hydrogens is 416 g/mol. The van der Waals surface area contributed by atoms with Crippen molar-refractivity contribution in [2.45, 2.75) is 32.0 Å². The molecule has 3 atom stereocenters. The number of rotatable bonds is 6. The van der Waals surface area contributed by atoms with Gasteiger partial charge >= 0.3 is 5.97 Å². The van der Waals surface area contributed by atoms with E-state index in [0.717, 1.165) is 0 Å². The molecule has 4 N–H and O–H groups in total. The lowest BCUT2D eigenvalue weighted by Gasteiger charge is -2.44. The van der Waals surface area contributed by atoms with Gasteiger partial charge in [-0.2, -0.15) is 0 Å². The fourth-order valence-corrected chi connectivity index (χ4v) is 4.23. The Balaban J connectivity index is 1.74. The first-order valence-corrected chi connectivity index (χ1v) is 9.44. The molecule has 0 saturated carbocycles. The summed E-state index contributed by atoms with van der Waals surface area (Å²) >= 11 is 6.25. The van der Waals surface area contributed by atoms with Gasteiger partial charge in [-0.3, -0.25) is 9.59 Å². The van der Waals surface area contributed by atoms with Crippen molar-refractivity contribution in [3.05, 3.63) is 40.8 Å². The van der Waals surface area contributed by atoms with Gasteiger partial charge in [0.15, 0.2) is 12.2 Å². The van der Waals surface area contributed by atoms with Gasteiger partial charge in [0.05, 0.1) is 28.4 Å². The summed E-state index contributed by atoms with van der Waals surface area (Å²) in [5.41, 5.74) is 6.41. The highest BCUT2D eigenvalue weighted by Crippen LogP contribution is 2.47. The summed E-state index contributed by atoms with van der Waals surface area (Å²) in [6, 6.07) is 4.40. The van der Waals surface area contributed by atoms with E-state index in [4.69, 9.17) is 17.3 Å². The molecule has 0 unspecified atom stereocenters. The van der Waals surface area contributed by atoms with Crippen LogP contribution in [0.4, 0.5) is 0 Å². The van der Waals surface area contributed by atoms with Crippen LogP contribution in [0, 0.1) is 5.92 Å². The van der Waals surface area contributed by atoms with Gasteiger partial charge in [-0.1, -0.05) is 11.6 Å². The number of carboxylic acids is 1. The van der Waals surface area contributed by atoms with Crippen molar-refractivity contribution in [3.63, 3.8) is 0 Å². The molecule has 2 aromatic rings. The van der Waals surface area contributed by atoms with E-state index < -0.39 is 35.8 Å². The SMILES string of the molecule is C[C@@H](O)[C@H]1C(=O)N2C(C(=O)O)=C(c3cc(Cl)cc(-n4nc[n+](CC(N)=O)n4)c3)C[C@H]12.